The van der Waals surface area contributed by atoms with Gasteiger partial charge in [-0.2, -0.15) is 4.57 Å². The number of fused-ring (bicyclic) bond motifs is 1. The number of rotatable bonds is 1. The molecule has 0 spiro atoms. The summed E-state index contributed by atoms with van der Waals surface area (Å²) >= 11 is 1.87. The first-order valence-corrected chi connectivity index (χ1v) is 5.43. The molecule has 2 heteroatoms. The normalized spacial score (nSPS) is 11.0. The molecule has 2 rings (SSSR count). The summed E-state index contributed by atoms with van der Waals surface area (Å²) in [7, 11) is 0. The molecule has 2 aromatic rings. The number of aryl methyl sites for hydroxylation is 3. The molecule has 0 aliphatic heterocycles. The van der Waals surface area contributed by atoms with Gasteiger partial charge in [0.15, 0.2) is 0 Å². The number of aromatic nitrogens is 1. The van der Waals surface area contributed by atoms with E-state index >= 15 is 0 Å². The van der Waals surface area contributed by atoms with E-state index in [4.69, 9.17) is 0 Å². The highest BCUT2D eigenvalue weighted by Crippen LogP contribution is 2.20. The Hall–Kier alpha value is -0.890. The Morgan fingerprint density at radius 3 is 2.77 bits per heavy atom. The van der Waals surface area contributed by atoms with E-state index in [1.165, 1.54) is 20.8 Å². The van der Waals surface area contributed by atoms with Crippen LogP contribution in [0.25, 0.3) is 10.2 Å². The standard InChI is InChI=1S/C11H14NS/c1-4-12-9(3)13-11-6-5-8(2)7-10(11)12/h5-7H,4H2,1-3H3/q+1. The molecule has 0 radical (unpaired) electrons. The van der Waals surface area contributed by atoms with Gasteiger partial charge in [-0.25, -0.2) is 0 Å². The van der Waals surface area contributed by atoms with Gasteiger partial charge in [0, 0.05) is 13.0 Å². The molecular weight excluding hydrogens is 178 g/mol. The minimum Gasteiger partial charge on any atom is -0.186 e. The molecule has 68 valence electrons. The smallest absolute Gasteiger partial charge is 0.186 e. The Morgan fingerprint density at radius 2 is 2.08 bits per heavy atom. The lowest BCUT2D eigenvalue weighted by Crippen LogP contribution is -2.33. The Labute approximate surface area is 82.6 Å². The second-order valence-electron chi connectivity index (χ2n) is 3.34. The lowest BCUT2D eigenvalue weighted by Gasteiger charge is -1.91. The minimum atomic E-state index is 1.06. The molecule has 1 aromatic carbocycles. The monoisotopic (exact) mass is 192 g/mol. The maximum absolute atomic E-state index is 2.37. The van der Waals surface area contributed by atoms with Crippen molar-refractivity contribution in [3.8, 4) is 0 Å². The van der Waals surface area contributed by atoms with Gasteiger partial charge in [-0.3, -0.25) is 0 Å². The molecule has 0 N–H and O–H groups in total. The molecule has 0 saturated heterocycles. The molecule has 0 atom stereocenters. The van der Waals surface area contributed by atoms with E-state index in [-0.39, 0.29) is 0 Å². The van der Waals surface area contributed by atoms with Gasteiger partial charge in [0.05, 0.1) is 0 Å². The highest BCUT2D eigenvalue weighted by atomic mass is 32.1. The van der Waals surface area contributed by atoms with Crippen LogP contribution >= 0.6 is 11.3 Å². The van der Waals surface area contributed by atoms with Gasteiger partial charge in [0.25, 0.3) is 0 Å². The topological polar surface area (TPSA) is 3.88 Å². The quantitative estimate of drug-likeness (QED) is 0.612. The summed E-state index contributed by atoms with van der Waals surface area (Å²) in [5, 5.41) is 1.39. The Kier molecular flexibility index (Phi) is 2.08. The van der Waals surface area contributed by atoms with Crippen LogP contribution in [0.1, 0.15) is 17.5 Å². The Balaban J connectivity index is 2.80. The Morgan fingerprint density at radius 1 is 1.31 bits per heavy atom. The average molecular weight is 192 g/mol. The molecule has 0 fully saturated rings. The van der Waals surface area contributed by atoms with E-state index < -0.39 is 0 Å². The van der Waals surface area contributed by atoms with Crippen molar-refractivity contribution < 1.29 is 4.57 Å². The molecule has 0 unspecified atom stereocenters. The van der Waals surface area contributed by atoms with Crippen molar-refractivity contribution >= 4 is 21.6 Å². The third-order valence-electron chi connectivity index (χ3n) is 2.36. The van der Waals surface area contributed by atoms with Crippen molar-refractivity contribution in [1.29, 1.82) is 0 Å². The van der Waals surface area contributed by atoms with Crippen LogP contribution in [0.4, 0.5) is 0 Å². The molecule has 1 heterocycles. The maximum Gasteiger partial charge on any atom is 0.235 e. The van der Waals surface area contributed by atoms with Gasteiger partial charge in [-0.1, -0.05) is 17.4 Å². The van der Waals surface area contributed by atoms with Crippen molar-refractivity contribution in [2.24, 2.45) is 0 Å². The molecule has 1 nitrogen and oxygen atoms in total. The summed E-state index contributed by atoms with van der Waals surface area (Å²) in [6.45, 7) is 7.59. The van der Waals surface area contributed by atoms with Gasteiger partial charge in [0.1, 0.15) is 11.2 Å². The van der Waals surface area contributed by atoms with Crippen molar-refractivity contribution in [2.75, 3.05) is 0 Å². The zero-order chi connectivity index (χ0) is 9.42. The summed E-state index contributed by atoms with van der Waals surface area (Å²) in [6, 6.07) is 6.66. The van der Waals surface area contributed by atoms with Crippen molar-refractivity contribution in [2.45, 2.75) is 27.3 Å². The Bertz CT molecular complexity index is 443. The SMILES string of the molecule is CC[n+]1c(C)sc2ccc(C)cc21. The van der Waals surface area contributed by atoms with Crippen LogP contribution < -0.4 is 4.57 Å². The molecule has 0 amide bonds. The summed E-state index contributed by atoms with van der Waals surface area (Å²) in [5.74, 6) is 0. The van der Waals surface area contributed by atoms with Crippen molar-refractivity contribution in [1.82, 2.24) is 0 Å². The number of nitrogens with zero attached hydrogens (tertiary/aromatic N) is 1. The van der Waals surface area contributed by atoms with Crippen LogP contribution in [0.5, 0.6) is 0 Å². The molecule has 0 saturated carbocycles. The highest BCUT2D eigenvalue weighted by molar-refractivity contribution is 7.18. The maximum atomic E-state index is 2.37. The zero-order valence-electron chi connectivity index (χ0n) is 8.29. The first-order valence-electron chi connectivity index (χ1n) is 4.62. The first kappa shape index (κ1) is 8.70. The van der Waals surface area contributed by atoms with Gasteiger partial charge in [-0.05, 0) is 25.5 Å². The van der Waals surface area contributed by atoms with Crippen LogP contribution in [0, 0.1) is 13.8 Å². The second-order valence-corrected chi connectivity index (χ2v) is 4.57. The van der Waals surface area contributed by atoms with E-state index in [1.807, 2.05) is 11.3 Å². The van der Waals surface area contributed by atoms with E-state index in [1.54, 1.807) is 0 Å². The van der Waals surface area contributed by atoms with Crippen LogP contribution in [0.2, 0.25) is 0 Å². The molecule has 0 aliphatic carbocycles. The number of hydrogen-bond donors (Lipinski definition) is 0. The van der Waals surface area contributed by atoms with E-state index in [9.17, 15) is 0 Å². The minimum absolute atomic E-state index is 1.06. The average Bonchev–Trinajstić information content (AvgIpc) is 2.40. The van der Waals surface area contributed by atoms with Crippen molar-refractivity contribution in [3.05, 3.63) is 28.8 Å². The summed E-state index contributed by atoms with van der Waals surface area (Å²) in [6.07, 6.45) is 0. The predicted molar refractivity (Wildman–Crippen MR) is 57.2 cm³/mol. The lowest BCUT2D eigenvalue weighted by molar-refractivity contribution is -0.669. The highest BCUT2D eigenvalue weighted by Gasteiger charge is 2.14. The third kappa shape index (κ3) is 1.35. The molecule has 1 aromatic heterocycles. The van der Waals surface area contributed by atoms with Gasteiger partial charge in [-0.15, -0.1) is 0 Å². The van der Waals surface area contributed by atoms with E-state index in [0.29, 0.717) is 0 Å². The van der Waals surface area contributed by atoms with Gasteiger partial charge in [0.2, 0.25) is 10.5 Å². The van der Waals surface area contributed by atoms with Crippen LogP contribution in [0.3, 0.4) is 0 Å². The van der Waals surface area contributed by atoms with Crippen molar-refractivity contribution in [3.63, 3.8) is 0 Å². The van der Waals surface area contributed by atoms with E-state index in [0.717, 1.165) is 6.54 Å². The lowest BCUT2D eigenvalue weighted by atomic mass is 10.2. The fraction of sp³-hybridized carbons (Fsp3) is 0.364. The summed E-state index contributed by atoms with van der Waals surface area (Å²) in [5.41, 5.74) is 2.72. The number of thiazole rings is 1. The van der Waals surface area contributed by atoms with E-state index in [2.05, 4.69) is 43.5 Å². The largest absolute Gasteiger partial charge is 0.235 e. The molecular formula is C11H14NS+. The molecule has 13 heavy (non-hydrogen) atoms. The number of hydrogen-bond acceptors (Lipinski definition) is 1. The fourth-order valence-corrected chi connectivity index (χ4v) is 2.77. The second kappa shape index (κ2) is 3.11. The summed E-state index contributed by atoms with van der Waals surface area (Å²) in [4.78, 5) is 0. The fourth-order valence-electron chi connectivity index (χ4n) is 1.70. The van der Waals surface area contributed by atoms with Crippen LogP contribution in [0.15, 0.2) is 18.2 Å². The van der Waals surface area contributed by atoms with Gasteiger partial charge < -0.3 is 0 Å². The summed E-state index contributed by atoms with van der Waals surface area (Å²) < 4.78 is 3.76. The van der Waals surface area contributed by atoms with Gasteiger partial charge >= 0.3 is 0 Å². The predicted octanol–water partition coefficient (Wildman–Crippen LogP) is 2.83. The van der Waals surface area contributed by atoms with Crippen LogP contribution in [-0.2, 0) is 6.54 Å². The molecule has 0 aliphatic rings. The number of benzene rings is 1. The zero-order valence-corrected chi connectivity index (χ0v) is 9.11. The molecule has 0 bridgehead atoms. The first-order chi connectivity index (χ1) is 6.22. The third-order valence-corrected chi connectivity index (χ3v) is 3.44. The van der Waals surface area contributed by atoms with Crippen LogP contribution in [-0.4, -0.2) is 0 Å².